The molecule has 3 heterocycles. The van der Waals surface area contributed by atoms with Crippen LogP contribution in [0.5, 0.6) is 0 Å². The number of ketones is 1. The summed E-state index contributed by atoms with van der Waals surface area (Å²) in [5, 5.41) is 23.7. The quantitative estimate of drug-likeness (QED) is 0.178. The van der Waals surface area contributed by atoms with Gasteiger partial charge in [0.15, 0.2) is 10.1 Å². The summed E-state index contributed by atoms with van der Waals surface area (Å²) in [6.07, 6.45) is 0. The van der Waals surface area contributed by atoms with Crippen LogP contribution in [-0.2, 0) is 24.0 Å². The van der Waals surface area contributed by atoms with Gasteiger partial charge in [0.05, 0.1) is 0 Å². The number of aryl methyl sites for hydroxylation is 1. The maximum absolute atomic E-state index is 12.6. The fraction of sp³-hybridized carbons (Fsp3) is 0.438. The second-order valence-electron chi connectivity index (χ2n) is 6.17. The molecule has 0 spiro atoms. The molecule has 1 aromatic heterocycles. The SMILES string of the molecule is CON=C(C(C)=O)C(=O)NC1C(=O)N2C(C(=O)O)=C(CSc3nnc(C)s3)CS[C@H]12. The smallest absolute Gasteiger partial charge is 0.352 e. The maximum Gasteiger partial charge on any atom is 0.352 e. The van der Waals surface area contributed by atoms with Crippen molar-refractivity contribution in [3.05, 3.63) is 16.3 Å². The molecule has 3 rings (SSSR count). The third kappa shape index (κ3) is 4.34. The van der Waals surface area contributed by atoms with E-state index in [0.29, 0.717) is 21.4 Å². The van der Waals surface area contributed by atoms with Gasteiger partial charge < -0.3 is 15.3 Å². The fourth-order valence-electron chi connectivity index (χ4n) is 2.85. The summed E-state index contributed by atoms with van der Waals surface area (Å²) in [4.78, 5) is 54.0. The Morgan fingerprint density at radius 2 is 2.13 bits per heavy atom. The van der Waals surface area contributed by atoms with Crippen LogP contribution < -0.4 is 5.32 Å². The number of carboxylic acids is 1. The van der Waals surface area contributed by atoms with E-state index in [2.05, 4.69) is 25.5 Å². The lowest BCUT2D eigenvalue weighted by Crippen LogP contribution is -2.71. The molecular formula is C16H17N5O6S3. The van der Waals surface area contributed by atoms with E-state index in [9.17, 15) is 24.3 Å². The number of oxime groups is 1. The number of thioether (sulfide) groups is 2. The summed E-state index contributed by atoms with van der Waals surface area (Å²) < 4.78 is 0.714. The predicted molar refractivity (Wildman–Crippen MR) is 110 cm³/mol. The third-order valence-electron chi connectivity index (χ3n) is 4.14. The van der Waals surface area contributed by atoms with Crippen LogP contribution in [0.1, 0.15) is 11.9 Å². The Morgan fingerprint density at radius 1 is 1.40 bits per heavy atom. The number of aromatic nitrogens is 2. The first-order valence-corrected chi connectivity index (χ1v) is 11.4. The van der Waals surface area contributed by atoms with Crippen molar-refractivity contribution >= 4 is 64.1 Å². The Balaban J connectivity index is 1.74. The highest BCUT2D eigenvalue weighted by atomic mass is 32.2. The van der Waals surface area contributed by atoms with Gasteiger partial charge in [0, 0.05) is 18.4 Å². The summed E-state index contributed by atoms with van der Waals surface area (Å²) >= 11 is 4.10. The van der Waals surface area contributed by atoms with Gasteiger partial charge in [0.2, 0.25) is 5.71 Å². The minimum Gasteiger partial charge on any atom is -0.477 e. The second-order valence-corrected chi connectivity index (χ2v) is 9.68. The molecule has 2 aliphatic heterocycles. The number of Topliss-reactive ketones (excluding diaryl/α,β-unsaturated/α-hetero) is 1. The van der Waals surface area contributed by atoms with Crippen molar-refractivity contribution in [3.8, 4) is 0 Å². The van der Waals surface area contributed by atoms with Crippen LogP contribution in [0.15, 0.2) is 20.8 Å². The molecule has 1 fully saturated rings. The van der Waals surface area contributed by atoms with Gasteiger partial charge in [-0.05, 0) is 12.5 Å². The van der Waals surface area contributed by atoms with E-state index in [1.165, 1.54) is 46.9 Å². The van der Waals surface area contributed by atoms with Gasteiger partial charge in [-0.1, -0.05) is 28.3 Å². The van der Waals surface area contributed by atoms with Crippen molar-refractivity contribution in [1.82, 2.24) is 20.4 Å². The molecule has 1 unspecified atom stereocenters. The number of hydrogen-bond donors (Lipinski definition) is 2. The lowest BCUT2D eigenvalue weighted by molar-refractivity contribution is -0.150. The molecule has 0 radical (unpaired) electrons. The molecule has 1 saturated heterocycles. The molecule has 0 aromatic carbocycles. The van der Waals surface area contributed by atoms with Crippen LogP contribution in [-0.4, -0.2) is 79.5 Å². The molecule has 160 valence electrons. The predicted octanol–water partition coefficient (Wildman–Crippen LogP) is 0.269. The van der Waals surface area contributed by atoms with Gasteiger partial charge in [0.25, 0.3) is 11.8 Å². The van der Waals surface area contributed by atoms with Crippen LogP contribution >= 0.6 is 34.9 Å². The average molecular weight is 472 g/mol. The maximum atomic E-state index is 12.6. The number of nitrogens with one attached hydrogen (secondary N) is 1. The van der Waals surface area contributed by atoms with E-state index in [4.69, 9.17) is 0 Å². The molecule has 2 atom stereocenters. The Morgan fingerprint density at radius 3 is 2.70 bits per heavy atom. The summed E-state index contributed by atoms with van der Waals surface area (Å²) in [7, 11) is 1.19. The highest BCUT2D eigenvalue weighted by Crippen LogP contribution is 2.41. The van der Waals surface area contributed by atoms with Crippen LogP contribution in [0.2, 0.25) is 0 Å². The first-order chi connectivity index (χ1) is 14.2. The minimum atomic E-state index is -1.21. The van der Waals surface area contributed by atoms with E-state index in [1.807, 2.05) is 6.92 Å². The molecular weight excluding hydrogens is 454 g/mol. The number of carbonyl (C=O) groups excluding carboxylic acids is 3. The highest BCUT2D eigenvalue weighted by molar-refractivity contribution is 8.01. The number of fused-ring (bicyclic) bond motifs is 1. The number of rotatable bonds is 8. The molecule has 0 saturated carbocycles. The summed E-state index contributed by atoms with van der Waals surface area (Å²) in [6, 6.07) is -0.960. The van der Waals surface area contributed by atoms with E-state index in [0.717, 1.165) is 11.9 Å². The topological polar surface area (TPSA) is 151 Å². The monoisotopic (exact) mass is 471 g/mol. The standard InChI is InChI=1S/C16H17N5O6S3/c1-6(22)9(20-27-3)12(23)17-10-13(24)21-11(15(25)26)8(4-28-14(10)21)5-29-16-19-18-7(2)30-16/h10,14H,4-5H2,1-3H3,(H,17,23)(H,25,26)/t10?,14-/m1/s1. The van der Waals surface area contributed by atoms with Gasteiger partial charge in [-0.3, -0.25) is 19.3 Å². The van der Waals surface area contributed by atoms with Crippen molar-refractivity contribution < 1.29 is 29.1 Å². The molecule has 2 amide bonds. The van der Waals surface area contributed by atoms with Crippen molar-refractivity contribution in [2.45, 2.75) is 29.6 Å². The minimum absolute atomic E-state index is 0.0830. The molecule has 2 aliphatic rings. The van der Waals surface area contributed by atoms with Crippen LogP contribution in [0.4, 0.5) is 0 Å². The Bertz CT molecular complexity index is 974. The van der Waals surface area contributed by atoms with Gasteiger partial charge in [-0.15, -0.1) is 22.0 Å². The number of carboxylic acid groups (broad SMARTS) is 1. The van der Waals surface area contributed by atoms with Gasteiger partial charge >= 0.3 is 5.97 Å². The summed E-state index contributed by atoms with van der Waals surface area (Å²) in [5.74, 6) is -2.52. The molecule has 2 N–H and O–H groups in total. The normalized spacial score (nSPS) is 21.1. The highest BCUT2D eigenvalue weighted by Gasteiger charge is 2.54. The summed E-state index contributed by atoms with van der Waals surface area (Å²) in [6.45, 7) is 2.98. The molecule has 0 aliphatic carbocycles. The Hall–Kier alpha value is -2.45. The Kier molecular flexibility index (Phi) is 6.77. The molecule has 11 nitrogen and oxygen atoms in total. The lowest BCUT2D eigenvalue weighted by atomic mass is 10.0. The van der Waals surface area contributed by atoms with Gasteiger partial charge in [0.1, 0.15) is 29.2 Å². The van der Waals surface area contributed by atoms with E-state index in [1.54, 1.807) is 0 Å². The lowest BCUT2D eigenvalue weighted by Gasteiger charge is -2.49. The van der Waals surface area contributed by atoms with Crippen LogP contribution in [0.25, 0.3) is 0 Å². The zero-order valence-electron chi connectivity index (χ0n) is 16.1. The number of aliphatic carboxylic acids is 1. The third-order valence-corrected chi connectivity index (χ3v) is 7.54. The number of nitrogens with zero attached hydrogens (tertiary/aromatic N) is 4. The summed E-state index contributed by atoms with van der Waals surface area (Å²) in [5.41, 5.74) is 0.0356. The molecule has 30 heavy (non-hydrogen) atoms. The van der Waals surface area contributed by atoms with Gasteiger partial charge in [-0.2, -0.15) is 0 Å². The molecule has 1 aromatic rings. The van der Waals surface area contributed by atoms with Crippen molar-refractivity contribution in [1.29, 1.82) is 0 Å². The molecule has 0 bridgehead atoms. The van der Waals surface area contributed by atoms with Crippen molar-refractivity contribution in [3.63, 3.8) is 0 Å². The first-order valence-electron chi connectivity index (χ1n) is 8.50. The second kappa shape index (κ2) is 9.14. The zero-order valence-corrected chi connectivity index (χ0v) is 18.5. The zero-order chi connectivity index (χ0) is 22.0. The average Bonchev–Trinajstić information content (AvgIpc) is 3.12. The van der Waals surface area contributed by atoms with Crippen molar-refractivity contribution in [2.75, 3.05) is 18.6 Å². The number of β-lactam (4-membered cyclic amide) rings is 1. The van der Waals surface area contributed by atoms with Crippen LogP contribution in [0.3, 0.4) is 0 Å². The van der Waals surface area contributed by atoms with E-state index >= 15 is 0 Å². The van der Waals surface area contributed by atoms with Crippen molar-refractivity contribution in [2.24, 2.45) is 5.16 Å². The van der Waals surface area contributed by atoms with Crippen LogP contribution in [0, 0.1) is 6.92 Å². The largest absolute Gasteiger partial charge is 0.477 e. The fourth-order valence-corrected chi connectivity index (χ4v) is 6.15. The van der Waals surface area contributed by atoms with Gasteiger partial charge in [-0.25, -0.2) is 4.79 Å². The number of amides is 2. The van der Waals surface area contributed by atoms with E-state index in [-0.39, 0.29) is 5.70 Å². The Labute approximate surface area is 183 Å². The number of carbonyl (C=O) groups is 4. The van der Waals surface area contributed by atoms with E-state index < -0.39 is 40.7 Å². The number of hydrogen-bond acceptors (Lipinski definition) is 11. The first kappa shape index (κ1) is 22.2. The molecule has 14 heteroatoms.